The van der Waals surface area contributed by atoms with E-state index in [1.807, 2.05) is 51.1 Å². The number of nitrogens with zero attached hydrogens (tertiary/aromatic N) is 2. The van der Waals surface area contributed by atoms with Gasteiger partial charge in [-0.3, -0.25) is 4.99 Å². The first kappa shape index (κ1) is 13.9. The van der Waals surface area contributed by atoms with Gasteiger partial charge in [-0.15, -0.1) is 0 Å². The van der Waals surface area contributed by atoms with E-state index in [1.165, 1.54) is 0 Å². The summed E-state index contributed by atoms with van der Waals surface area (Å²) >= 11 is 0. The molecule has 5 heteroatoms. The first-order chi connectivity index (χ1) is 9.92. The minimum Gasteiger partial charge on any atom is -0.444 e. The first-order valence-corrected chi connectivity index (χ1v) is 7.30. The molecule has 0 spiro atoms. The van der Waals surface area contributed by atoms with Crippen LogP contribution in [0.4, 0.5) is 4.79 Å². The third-order valence-electron chi connectivity index (χ3n) is 3.60. The van der Waals surface area contributed by atoms with Crippen LogP contribution in [0.15, 0.2) is 35.3 Å². The van der Waals surface area contributed by atoms with Crippen molar-refractivity contribution in [2.24, 2.45) is 4.99 Å². The summed E-state index contributed by atoms with van der Waals surface area (Å²) in [6.45, 7) is 6.89. The van der Waals surface area contributed by atoms with Crippen LogP contribution in [-0.4, -0.2) is 47.6 Å². The number of hydrogen-bond acceptors (Lipinski definition) is 4. The van der Waals surface area contributed by atoms with Gasteiger partial charge in [0.15, 0.2) is 0 Å². The molecule has 0 aromatic heterocycles. The summed E-state index contributed by atoms with van der Waals surface area (Å²) < 4.78 is 5.41. The van der Waals surface area contributed by atoms with Gasteiger partial charge in [0.2, 0.25) is 0 Å². The number of carbonyl (C=O) groups is 1. The van der Waals surface area contributed by atoms with Crippen LogP contribution in [0.5, 0.6) is 0 Å². The maximum Gasteiger partial charge on any atom is 0.410 e. The van der Waals surface area contributed by atoms with Crippen LogP contribution in [0.25, 0.3) is 0 Å². The average molecular weight is 287 g/mol. The highest BCUT2D eigenvalue weighted by molar-refractivity contribution is 6.00. The van der Waals surface area contributed by atoms with Crippen LogP contribution in [-0.2, 0) is 4.74 Å². The zero-order valence-electron chi connectivity index (χ0n) is 12.7. The van der Waals surface area contributed by atoms with E-state index in [0.29, 0.717) is 13.1 Å². The minimum atomic E-state index is -0.458. The SMILES string of the molecule is CC(C)(C)OC(=O)N1CC2N=C(c3ccccc3)NC2C1. The number of hydrogen-bond donors (Lipinski definition) is 1. The van der Waals surface area contributed by atoms with Crippen molar-refractivity contribution in [1.82, 2.24) is 10.2 Å². The molecular weight excluding hydrogens is 266 g/mol. The molecule has 0 aliphatic carbocycles. The van der Waals surface area contributed by atoms with Gasteiger partial charge in [0, 0.05) is 18.7 Å². The fourth-order valence-corrected chi connectivity index (χ4v) is 2.67. The lowest BCUT2D eigenvalue weighted by molar-refractivity contribution is 0.0289. The Bertz CT molecular complexity index is 563. The Labute approximate surface area is 125 Å². The molecule has 21 heavy (non-hydrogen) atoms. The number of aliphatic imine (C=N–C) groups is 1. The molecular formula is C16H21N3O2. The van der Waals surface area contributed by atoms with E-state index < -0.39 is 5.60 Å². The fraction of sp³-hybridized carbons (Fsp3) is 0.500. The molecule has 1 N–H and O–H groups in total. The van der Waals surface area contributed by atoms with Crippen LogP contribution in [0.3, 0.4) is 0 Å². The Morgan fingerprint density at radius 2 is 2.00 bits per heavy atom. The highest BCUT2D eigenvalue weighted by Crippen LogP contribution is 2.22. The molecule has 2 aliphatic rings. The van der Waals surface area contributed by atoms with Crippen molar-refractivity contribution in [3.63, 3.8) is 0 Å². The third kappa shape index (κ3) is 3.01. The van der Waals surface area contributed by atoms with Gasteiger partial charge in [-0.1, -0.05) is 30.3 Å². The van der Waals surface area contributed by atoms with Crippen LogP contribution < -0.4 is 5.32 Å². The first-order valence-electron chi connectivity index (χ1n) is 7.30. The molecule has 0 saturated carbocycles. The number of benzene rings is 1. The fourth-order valence-electron chi connectivity index (χ4n) is 2.67. The van der Waals surface area contributed by atoms with Gasteiger partial charge < -0.3 is 15.0 Å². The maximum absolute atomic E-state index is 12.1. The van der Waals surface area contributed by atoms with Crippen molar-refractivity contribution in [2.75, 3.05) is 13.1 Å². The van der Waals surface area contributed by atoms with Crippen LogP contribution in [0.1, 0.15) is 26.3 Å². The molecule has 1 aromatic rings. The van der Waals surface area contributed by atoms with Gasteiger partial charge in [0.05, 0.1) is 12.1 Å². The number of fused-ring (bicyclic) bond motifs is 1. The molecule has 1 saturated heterocycles. The van der Waals surface area contributed by atoms with Gasteiger partial charge in [0.25, 0.3) is 0 Å². The lowest BCUT2D eigenvalue weighted by Crippen LogP contribution is -2.39. The summed E-state index contributed by atoms with van der Waals surface area (Å²) in [7, 11) is 0. The minimum absolute atomic E-state index is 0.118. The van der Waals surface area contributed by atoms with E-state index in [-0.39, 0.29) is 18.2 Å². The lowest BCUT2D eigenvalue weighted by Gasteiger charge is -2.24. The summed E-state index contributed by atoms with van der Waals surface area (Å²) in [5, 5.41) is 3.42. The zero-order chi connectivity index (χ0) is 15.0. The van der Waals surface area contributed by atoms with E-state index in [2.05, 4.69) is 5.32 Å². The molecule has 3 rings (SSSR count). The largest absolute Gasteiger partial charge is 0.444 e. The maximum atomic E-state index is 12.1. The Balaban J connectivity index is 1.65. The van der Waals surface area contributed by atoms with Crippen LogP contribution in [0, 0.1) is 0 Å². The number of ether oxygens (including phenoxy) is 1. The van der Waals surface area contributed by atoms with E-state index in [1.54, 1.807) is 4.90 Å². The van der Waals surface area contributed by atoms with E-state index >= 15 is 0 Å². The summed E-state index contributed by atoms with van der Waals surface area (Å²) in [6, 6.07) is 10.4. The molecule has 0 radical (unpaired) electrons. The Hall–Kier alpha value is -2.04. The molecule has 1 aromatic carbocycles. The van der Waals surface area contributed by atoms with Gasteiger partial charge in [-0.25, -0.2) is 4.79 Å². The van der Waals surface area contributed by atoms with Crippen molar-refractivity contribution in [3.8, 4) is 0 Å². The Kier molecular flexibility index (Phi) is 3.35. The Morgan fingerprint density at radius 1 is 1.29 bits per heavy atom. The number of carbonyl (C=O) groups excluding carboxylic acids is 1. The lowest BCUT2D eigenvalue weighted by atomic mass is 10.2. The van der Waals surface area contributed by atoms with Crippen LogP contribution >= 0.6 is 0 Å². The Morgan fingerprint density at radius 3 is 2.62 bits per heavy atom. The van der Waals surface area contributed by atoms with Crippen molar-refractivity contribution in [3.05, 3.63) is 35.9 Å². The molecule has 2 atom stereocenters. The number of nitrogens with one attached hydrogen (secondary N) is 1. The normalized spacial score (nSPS) is 24.3. The number of amidine groups is 1. The topological polar surface area (TPSA) is 53.9 Å². The van der Waals surface area contributed by atoms with Crippen molar-refractivity contribution < 1.29 is 9.53 Å². The highest BCUT2D eigenvalue weighted by Gasteiger charge is 2.40. The van der Waals surface area contributed by atoms with Crippen molar-refractivity contribution in [2.45, 2.75) is 38.5 Å². The zero-order valence-corrected chi connectivity index (χ0v) is 12.7. The molecule has 2 unspecified atom stereocenters. The van der Waals surface area contributed by atoms with E-state index in [9.17, 15) is 4.79 Å². The van der Waals surface area contributed by atoms with Gasteiger partial charge >= 0.3 is 6.09 Å². The summed E-state index contributed by atoms with van der Waals surface area (Å²) in [5.74, 6) is 0.925. The van der Waals surface area contributed by atoms with E-state index in [4.69, 9.17) is 9.73 Å². The summed E-state index contributed by atoms with van der Waals surface area (Å²) in [6.07, 6.45) is -0.254. The average Bonchev–Trinajstić information content (AvgIpc) is 2.95. The monoisotopic (exact) mass is 287 g/mol. The highest BCUT2D eigenvalue weighted by atomic mass is 16.6. The molecule has 5 nitrogen and oxygen atoms in total. The number of rotatable bonds is 1. The second kappa shape index (κ2) is 5.06. The van der Waals surface area contributed by atoms with E-state index in [0.717, 1.165) is 11.4 Å². The second-order valence-electron chi connectivity index (χ2n) is 6.55. The molecule has 1 amide bonds. The van der Waals surface area contributed by atoms with Crippen LogP contribution in [0.2, 0.25) is 0 Å². The summed E-state index contributed by atoms with van der Waals surface area (Å²) in [5.41, 5.74) is 0.636. The van der Waals surface area contributed by atoms with Crippen molar-refractivity contribution in [1.29, 1.82) is 0 Å². The quantitative estimate of drug-likeness (QED) is 0.860. The van der Waals surface area contributed by atoms with Gasteiger partial charge in [-0.2, -0.15) is 0 Å². The molecule has 112 valence electrons. The molecule has 1 fully saturated rings. The predicted molar refractivity (Wildman–Crippen MR) is 81.5 cm³/mol. The van der Waals surface area contributed by atoms with Gasteiger partial charge in [0.1, 0.15) is 11.4 Å². The second-order valence-corrected chi connectivity index (χ2v) is 6.55. The summed E-state index contributed by atoms with van der Waals surface area (Å²) in [4.78, 5) is 18.5. The molecule has 2 heterocycles. The van der Waals surface area contributed by atoms with Crippen molar-refractivity contribution >= 4 is 11.9 Å². The molecule has 2 aliphatic heterocycles. The number of amides is 1. The molecule has 0 bridgehead atoms. The smallest absolute Gasteiger partial charge is 0.410 e. The third-order valence-corrected chi connectivity index (χ3v) is 3.60. The predicted octanol–water partition coefficient (Wildman–Crippen LogP) is 2.02. The number of likely N-dealkylation sites (tertiary alicyclic amines) is 1. The van der Waals surface area contributed by atoms with Gasteiger partial charge in [-0.05, 0) is 20.8 Å². The standard InChI is InChI=1S/C16H21N3O2/c1-16(2,3)21-15(20)19-9-12-13(10-19)18-14(17-12)11-7-5-4-6-8-11/h4-8,12-13H,9-10H2,1-3H3,(H,17,18).